The number of hydrogen-bond acceptors (Lipinski definition) is 3. The maximum atomic E-state index is 12.3. The van der Waals surface area contributed by atoms with Crippen molar-refractivity contribution in [3.8, 4) is 0 Å². The summed E-state index contributed by atoms with van der Waals surface area (Å²) in [5.41, 5.74) is 0. The second-order valence-corrected chi connectivity index (χ2v) is 7.21. The molecule has 2 amide bonds. The van der Waals surface area contributed by atoms with E-state index in [9.17, 15) is 13.8 Å². The fourth-order valence-corrected chi connectivity index (χ4v) is 3.82. The predicted molar refractivity (Wildman–Crippen MR) is 86.1 cm³/mol. The third-order valence-electron chi connectivity index (χ3n) is 3.50. The molecule has 1 saturated heterocycles. The molecular weight excluding hydrogens is 324 g/mol. The van der Waals surface area contributed by atoms with Crippen LogP contribution in [0.3, 0.4) is 0 Å². The highest BCUT2D eigenvalue weighted by Crippen LogP contribution is 2.16. The van der Waals surface area contributed by atoms with Gasteiger partial charge >= 0.3 is 0 Å². The molecule has 0 saturated carbocycles. The highest BCUT2D eigenvalue weighted by Gasteiger charge is 2.25. The number of amides is 2. The van der Waals surface area contributed by atoms with Gasteiger partial charge in [-0.1, -0.05) is 17.7 Å². The fraction of sp³-hybridized carbons (Fsp3) is 0.467. The highest BCUT2D eigenvalue weighted by molar-refractivity contribution is 7.85. The zero-order chi connectivity index (χ0) is 16.1. The third-order valence-corrected chi connectivity index (χ3v) is 5.02. The Morgan fingerprint density at radius 3 is 2.91 bits per heavy atom. The van der Waals surface area contributed by atoms with Crippen LogP contribution in [0.5, 0.6) is 0 Å². The van der Waals surface area contributed by atoms with Crippen LogP contribution in [0.15, 0.2) is 29.2 Å². The molecule has 5 nitrogen and oxygen atoms in total. The number of halogens is 1. The molecule has 0 spiro atoms. The van der Waals surface area contributed by atoms with Crippen LogP contribution in [0.4, 0.5) is 0 Å². The number of carbonyl (C=O) groups excluding carboxylic acids is 2. The molecule has 0 aliphatic carbocycles. The molecule has 7 heteroatoms. The molecule has 2 atom stereocenters. The van der Waals surface area contributed by atoms with Gasteiger partial charge in [0.25, 0.3) is 0 Å². The Labute approximate surface area is 137 Å². The van der Waals surface area contributed by atoms with Gasteiger partial charge in [0.05, 0.1) is 10.8 Å². The van der Waals surface area contributed by atoms with E-state index in [2.05, 4.69) is 5.32 Å². The summed E-state index contributed by atoms with van der Waals surface area (Å²) in [7, 11) is -1.41. The normalized spacial score (nSPS) is 19.5. The van der Waals surface area contributed by atoms with Crippen molar-refractivity contribution in [2.24, 2.45) is 0 Å². The first kappa shape index (κ1) is 17.0. The quantitative estimate of drug-likeness (QED) is 0.903. The minimum absolute atomic E-state index is 0.0187. The van der Waals surface area contributed by atoms with Crippen LogP contribution in [-0.2, 0) is 20.4 Å². The number of likely N-dealkylation sites (tertiary alicyclic amines) is 1. The standard InChI is InChI=1S/C15H19ClN2O3S/c1-11(19)17-13-5-3-7-18(9-13)15(20)10-22(21)14-6-2-4-12(16)8-14/h2,4,6,8,13H,3,5,7,9-10H2,1H3,(H,17,19)/t13-,22-/m0/s1. The molecule has 1 aromatic rings. The molecule has 0 aromatic heterocycles. The van der Waals surface area contributed by atoms with E-state index in [1.807, 2.05) is 0 Å². The van der Waals surface area contributed by atoms with Gasteiger partial charge in [0.15, 0.2) is 0 Å². The SMILES string of the molecule is CC(=O)N[C@H]1CCCN(C(=O)C[S@](=O)c2cccc(Cl)c2)C1. The van der Waals surface area contributed by atoms with E-state index in [0.717, 1.165) is 12.8 Å². The van der Waals surface area contributed by atoms with Crippen molar-refractivity contribution in [1.29, 1.82) is 0 Å². The minimum atomic E-state index is -1.41. The molecule has 2 rings (SSSR count). The molecule has 0 unspecified atom stereocenters. The summed E-state index contributed by atoms with van der Waals surface area (Å²) in [6.07, 6.45) is 1.70. The Morgan fingerprint density at radius 1 is 1.45 bits per heavy atom. The molecule has 1 aliphatic rings. The summed E-state index contributed by atoms with van der Waals surface area (Å²) >= 11 is 5.87. The second kappa shape index (κ2) is 7.74. The summed E-state index contributed by atoms with van der Waals surface area (Å²) in [6.45, 7) is 2.59. The van der Waals surface area contributed by atoms with E-state index in [4.69, 9.17) is 11.6 Å². The average molecular weight is 343 g/mol. The smallest absolute Gasteiger partial charge is 0.235 e. The van der Waals surface area contributed by atoms with Gasteiger partial charge in [0.1, 0.15) is 5.75 Å². The predicted octanol–water partition coefficient (Wildman–Crippen LogP) is 1.57. The van der Waals surface area contributed by atoms with Gasteiger partial charge in [-0.2, -0.15) is 0 Å². The van der Waals surface area contributed by atoms with Crippen molar-refractivity contribution >= 4 is 34.2 Å². The van der Waals surface area contributed by atoms with Crippen LogP contribution in [0.2, 0.25) is 5.02 Å². The van der Waals surface area contributed by atoms with E-state index in [1.54, 1.807) is 29.2 Å². The molecule has 1 aliphatic heterocycles. The van der Waals surface area contributed by atoms with Crippen LogP contribution in [0.1, 0.15) is 19.8 Å². The van der Waals surface area contributed by atoms with Crippen molar-refractivity contribution < 1.29 is 13.8 Å². The maximum Gasteiger partial charge on any atom is 0.235 e. The van der Waals surface area contributed by atoms with E-state index in [1.165, 1.54) is 6.92 Å². The van der Waals surface area contributed by atoms with E-state index < -0.39 is 10.8 Å². The van der Waals surface area contributed by atoms with Crippen molar-refractivity contribution in [3.05, 3.63) is 29.3 Å². The molecule has 0 bridgehead atoms. The van der Waals surface area contributed by atoms with Gasteiger partial charge in [-0.3, -0.25) is 13.8 Å². The van der Waals surface area contributed by atoms with Gasteiger partial charge in [-0.15, -0.1) is 0 Å². The zero-order valence-corrected chi connectivity index (χ0v) is 14.0. The number of rotatable bonds is 4. The molecule has 1 fully saturated rings. The van der Waals surface area contributed by atoms with E-state index in [0.29, 0.717) is 23.0 Å². The Bertz CT molecular complexity index is 594. The van der Waals surface area contributed by atoms with Gasteiger partial charge in [0.2, 0.25) is 11.8 Å². The summed E-state index contributed by atoms with van der Waals surface area (Å²) in [6, 6.07) is 6.71. The lowest BCUT2D eigenvalue weighted by Crippen LogP contribution is -2.50. The molecule has 1 aromatic carbocycles. The molecule has 1 N–H and O–H groups in total. The fourth-order valence-electron chi connectivity index (χ4n) is 2.50. The van der Waals surface area contributed by atoms with Gasteiger partial charge in [-0.25, -0.2) is 0 Å². The van der Waals surface area contributed by atoms with Crippen molar-refractivity contribution in [3.63, 3.8) is 0 Å². The minimum Gasteiger partial charge on any atom is -0.352 e. The average Bonchev–Trinajstić information content (AvgIpc) is 2.46. The number of benzene rings is 1. The van der Waals surface area contributed by atoms with Crippen LogP contribution in [0, 0.1) is 0 Å². The van der Waals surface area contributed by atoms with Crippen LogP contribution >= 0.6 is 11.6 Å². The van der Waals surface area contributed by atoms with Crippen LogP contribution in [0.25, 0.3) is 0 Å². The third kappa shape index (κ3) is 4.81. The lowest BCUT2D eigenvalue weighted by atomic mass is 10.1. The lowest BCUT2D eigenvalue weighted by molar-refractivity contribution is -0.130. The summed E-state index contributed by atoms with van der Waals surface area (Å²) < 4.78 is 12.2. The Balaban J connectivity index is 1.93. The van der Waals surface area contributed by atoms with Gasteiger partial charge in [0, 0.05) is 36.0 Å². The number of nitrogens with one attached hydrogen (secondary N) is 1. The first-order valence-electron chi connectivity index (χ1n) is 7.14. The van der Waals surface area contributed by atoms with E-state index in [-0.39, 0.29) is 23.6 Å². The lowest BCUT2D eigenvalue weighted by Gasteiger charge is -2.33. The monoisotopic (exact) mass is 342 g/mol. The summed E-state index contributed by atoms with van der Waals surface area (Å²) in [5, 5.41) is 3.33. The Morgan fingerprint density at radius 2 is 2.23 bits per heavy atom. The Kier molecular flexibility index (Phi) is 5.97. The van der Waals surface area contributed by atoms with Crippen LogP contribution in [-0.4, -0.2) is 45.8 Å². The second-order valence-electron chi connectivity index (χ2n) is 5.33. The van der Waals surface area contributed by atoms with Crippen molar-refractivity contribution in [2.75, 3.05) is 18.8 Å². The number of carbonyl (C=O) groups is 2. The van der Waals surface area contributed by atoms with Crippen LogP contribution < -0.4 is 5.32 Å². The maximum absolute atomic E-state index is 12.3. The van der Waals surface area contributed by atoms with Gasteiger partial charge < -0.3 is 10.2 Å². The first-order valence-corrected chi connectivity index (χ1v) is 8.84. The van der Waals surface area contributed by atoms with Crippen molar-refractivity contribution in [2.45, 2.75) is 30.7 Å². The zero-order valence-electron chi connectivity index (χ0n) is 12.4. The molecule has 120 valence electrons. The summed E-state index contributed by atoms with van der Waals surface area (Å²) in [5.74, 6) is -0.317. The number of piperidine rings is 1. The summed E-state index contributed by atoms with van der Waals surface area (Å²) in [4.78, 5) is 25.6. The number of nitrogens with zero attached hydrogens (tertiary/aromatic N) is 1. The topological polar surface area (TPSA) is 66.5 Å². The van der Waals surface area contributed by atoms with E-state index >= 15 is 0 Å². The molecule has 22 heavy (non-hydrogen) atoms. The molecular formula is C15H19ClN2O3S. The van der Waals surface area contributed by atoms with Gasteiger partial charge in [-0.05, 0) is 31.0 Å². The highest BCUT2D eigenvalue weighted by atomic mass is 35.5. The van der Waals surface area contributed by atoms with Crippen molar-refractivity contribution in [1.82, 2.24) is 10.2 Å². The largest absolute Gasteiger partial charge is 0.352 e. The molecule has 0 radical (unpaired) electrons. The first-order chi connectivity index (χ1) is 10.5. The Hall–Kier alpha value is -1.40. The molecule has 1 heterocycles. The number of hydrogen-bond donors (Lipinski definition) is 1.